The van der Waals surface area contributed by atoms with Crippen molar-refractivity contribution in [1.82, 2.24) is 10.3 Å². The zero-order valence-electron chi connectivity index (χ0n) is 10.3. The molecule has 0 saturated heterocycles. The lowest BCUT2D eigenvalue weighted by atomic mass is 10.3. The van der Waals surface area contributed by atoms with Gasteiger partial charge >= 0.3 is 0 Å². The third kappa shape index (κ3) is 3.43. The number of nitrogens with zero attached hydrogens (tertiary/aromatic N) is 1. The van der Waals surface area contributed by atoms with Crippen molar-refractivity contribution in [3.63, 3.8) is 0 Å². The van der Waals surface area contributed by atoms with E-state index in [-0.39, 0.29) is 5.91 Å². The number of carbonyl (C=O) groups is 1. The lowest BCUT2D eigenvalue weighted by Crippen LogP contribution is -2.29. The summed E-state index contributed by atoms with van der Waals surface area (Å²) in [6.45, 7) is 1.27. The summed E-state index contributed by atoms with van der Waals surface area (Å²) in [6, 6.07) is 5.51. The molecule has 0 unspecified atom stereocenters. The van der Waals surface area contributed by atoms with Crippen LogP contribution in [-0.2, 0) is 4.79 Å². The fourth-order valence-corrected chi connectivity index (χ4v) is 2.99. The Kier molecular flexibility index (Phi) is 3.68. The molecule has 1 aliphatic carbocycles. The first-order valence-electron chi connectivity index (χ1n) is 6.27. The highest BCUT2D eigenvalue weighted by Crippen LogP contribution is 2.28. The third-order valence-corrected chi connectivity index (χ3v) is 4.18. The van der Waals surface area contributed by atoms with Crippen LogP contribution in [0.5, 0.6) is 0 Å². The van der Waals surface area contributed by atoms with Gasteiger partial charge in [0.25, 0.3) is 0 Å². The number of thiazole rings is 1. The van der Waals surface area contributed by atoms with Gasteiger partial charge in [0.05, 0.1) is 16.8 Å². The molecule has 4 nitrogen and oxygen atoms in total. The van der Waals surface area contributed by atoms with E-state index in [9.17, 15) is 4.79 Å². The van der Waals surface area contributed by atoms with Crippen molar-refractivity contribution in [1.29, 1.82) is 0 Å². The second-order valence-corrected chi connectivity index (χ2v) is 6.22. The van der Waals surface area contributed by atoms with Crippen LogP contribution < -0.4 is 10.6 Å². The summed E-state index contributed by atoms with van der Waals surface area (Å²) in [5.74, 6) is 0.725. The first-order valence-corrected chi connectivity index (χ1v) is 7.47. The van der Waals surface area contributed by atoms with Crippen LogP contribution in [0.25, 0.3) is 10.2 Å². The van der Waals surface area contributed by atoms with Gasteiger partial charge in [0.15, 0.2) is 5.13 Å². The van der Waals surface area contributed by atoms with Gasteiger partial charge < -0.3 is 10.6 Å². The summed E-state index contributed by atoms with van der Waals surface area (Å²) >= 11 is 7.36. The SMILES string of the molecule is O=C(CNCC1CC1)Nc1nc2ccc(Cl)cc2s1. The second kappa shape index (κ2) is 5.45. The Morgan fingerprint density at radius 1 is 1.47 bits per heavy atom. The standard InChI is InChI=1S/C13H14ClN3OS/c14-9-3-4-10-11(5-9)19-13(16-10)17-12(18)7-15-6-8-1-2-8/h3-5,8,15H,1-2,6-7H2,(H,16,17,18). The van der Waals surface area contributed by atoms with E-state index in [0.717, 1.165) is 22.7 Å². The normalized spacial score (nSPS) is 14.8. The molecule has 2 aromatic rings. The van der Waals surface area contributed by atoms with Crippen LogP contribution in [0.15, 0.2) is 18.2 Å². The maximum absolute atomic E-state index is 11.7. The summed E-state index contributed by atoms with van der Waals surface area (Å²) in [5.41, 5.74) is 0.857. The Balaban J connectivity index is 1.58. The summed E-state index contributed by atoms with van der Waals surface area (Å²) < 4.78 is 0.980. The summed E-state index contributed by atoms with van der Waals surface area (Å²) in [4.78, 5) is 16.1. The van der Waals surface area contributed by atoms with Gasteiger partial charge in [-0.15, -0.1) is 0 Å². The fraction of sp³-hybridized carbons (Fsp3) is 0.385. The number of nitrogens with one attached hydrogen (secondary N) is 2. The van der Waals surface area contributed by atoms with Crippen molar-refractivity contribution in [2.24, 2.45) is 5.92 Å². The Morgan fingerprint density at radius 3 is 3.11 bits per heavy atom. The van der Waals surface area contributed by atoms with Crippen molar-refractivity contribution >= 4 is 44.2 Å². The summed E-state index contributed by atoms with van der Waals surface area (Å²) in [7, 11) is 0. The van der Waals surface area contributed by atoms with Crippen molar-refractivity contribution in [3.8, 4) is 0 Å². The highest BCUT2D eigenvalue weighted by Gasteiger charge is 2.20. The van der Waals surface area contributed by atoms with Crippen LogP contribution in [0.2, 0.25) is 5.02 Å². The van der Waals surface area contributed by atoms with Crippen LogP contribution in [-0.4, -0.2) is 24.0 Å². The molecular weight excluding hydrogens is 282 g/mol. The molecule has 1 aromatic heterocycles. The minimum Gasteiger partial charge on any atom is -0.308 e. The predicted molar refractivity (Wildman–Crippen MR) is 78.9 cm³/mol. The zero-order chi connectivity index (χ0) is 13.2. The smallest absolute Gasteiger partial charge is 0.240 e. The first kappa shape index (κ1) is 12.8. The van der Waals surface area contributed by atoms with Gasteiger partial charge in [-0.2, -0.15) is 0 Å². The van der Waals surface area contributed by atoms with Crippen molar-refractivity contribution in [3.05, 3.63) is 23.2 Å². The van der Waals surface area contributed by atoms with E-state index < -0.39 is 0 Å². The van der Waals surface area contributed by atoms with E-state index >= 15 is 0 Å². The minimum atomic E-state index is -0.0502. The zero-order valence-corrected chi connectivity index (χ0v) is 11.9. The van der Waals surface area contributed by atoms with Gasteiger partial charge in [0, 0.05) is 5.02 Å². The molecule has 1 aliphatic rings. The van der Waals surface area contributed by atoms with E-state index in [1.54, 1.807) is 6.07 Å². The lowest BCUT2D eigenvalue weighted by molar-refractivity contribution is -0.115. The highest BCUT2D eigenvalue weighted by atomic mass is 35.5. The van der Waals surface area contributed by atoms with Crippen LogP contribution in [0.3, 0.4) is 0 Å². The Labute approximate surface area is 120 Å². The second-order valence-electron chi connectivity index (χ2n) is 4.75. The van der Waals surface area contributed by atoms with Gasteiger partial charge in [0.1, 0.15) is 0 Å². The number of halogens is 1. The molecule has 19 heavy (non-hydrogen) atoms. The van der Waals surface area contributed by atoms with Crippen LogP contribution in [0.1, 0.15) is 12.8 Å². The molecule has 100 valence electrons. The average molecular weight is 296 g/mol. The van der Waals surface area contributed by atoms with E-state index in [4.69, 9.17) is 11.6 Å². The van der Waals surface area contributed by atoms with Crippen LogP contribution in [0.4, 0.5) is 5.13 Å². The highest BCUT2D eigenvalue weighted by molar-refractivity contribution is 7.22. The minimum absolute atomic E-state index is 0.0502. The molecule has 3 rings (SSSR count). The van der Waals surface area contributed by atoms with Gasteiger partial charge in [-0.3, -0.25) is 4.79 Å². The molecule has 0 atom stereocenters. The van der Waals surface area contributed by atoms with E-state index in [1.807, 2.05) is 12.1 Å². The van der Waals surface area contributed by atoms with Crippen molar-refractivity contribution in [2.45, 2.75) is 12.8 Å². The Hall–Kier alpha value is -1.17. The molecule has 6 heteroatoms. The monoisotopic (exact) mass is 295 g/mol. The number of fused-ring (bicyclic) bond motifs is 1. The molecule has 1 amide bonds. The van der Waals surface area contributed by atoms with E-state index in [1.165, 1.54) is 24.2 Å². The molecule has 1 fully saturated rings. The number of amides is 1. The predicted octanol–water partition coefficient (Wildman–Crippen LogP) is 2.89. The lowest BCUT2D eigenvalue weighted by Gasteiger charge is -2.02. The van der Waals surface area contributed by atoms with Gasteiger partial charge in [-0.1, -0.05) is 22.9 Å². The number of anilines is 1. The first-order chi connectivity index (χ1) is 9.20. The number of carbonyl (C=O) groups excluding carboxylic acids is 1. The molecule has 0 radical (unpaired) electrons. The molecule has 0 bridgehead atoms. The maximum Gasteiger partial charge on any atom is 0.240 e. The molecule has 1 aromatic carbocycles. The third-order valence-electron chi connectivity index (χ3n) is 3.01. The maximum atomic E-state index is 11.7. The van der Waals surface area contributed by atoms with Gasteiger partial charge in [0.2, 0.25) is 5.91 Å². The Morgan fingerprint density at radius 2 is 2.32 bits per heavy atom. The number of rotatable bonds is 5. The molecule has 0 spiro atoms. The number of hydrogen-bond donors (Lipinski definition) is 2. The summed E-state index contributed by atoms with van der Waals surface area (Å²) in [6.07, 6.45) is 2.57. The average Bonchev–Trinajstić information content (AvgIpc) is 3.09. The molecule has 1 heterocycles. The van der Waals surface area contributed by atoms with E-state index in [2.05, 4.69) is 15.6 Å². The van der Waals surface area contributed by atoms with Crippen molar-refractivity contribution < 1.29 is 4.79 Å². The molecule has 0 aliphatic heterocycles. The van der Waals surface area contributed by atoms with Gasteiger partial charge in [-0.25, -0.2) is 4.98 Å². The van der Waals surface area contributed by atoms with Gasteiger partial charge in [-0.05, 0) is 43.5 Å². The molecular formula is C13H14ClN3OS. The molecule has 1 saturated carbocycles. The number of hydrogen-bond acceptors (Lipinski definition) is 4. The Bertz CT molecular complexity index is 609. The number of aromatic nitrogens is 1. The number of benzene rings is 1. The van der Waals surface area contributed by atoms with Crippen molar-refractivity contribution in [2.75, 3.05) is 18.4 Å². The van der Waals surface area contributed by atoms with Crippen LogP contribution >= 0.6 is 22.9 Å². The molecule has 2 N–H and O–H groups in total. The largest absolute Gasteiger partial charge is 0.308 e. The van der Waals surface area contributed by atoms with Crippen LogP contribution in [0, 0.1) is 5.92 Å². The topological polar surface area (TPSA) is 54.0 Å². The quantitative estimate of drug-likeness (QED) is 0.892. The fourth-order valence-electron chi connectivity index (χ4n) is 1.83. The summed E-state index contributed by atoms with van der Waals surface area (Å²) in [5, 5.41) is 7.26. The van der Waals surface area contributed by atoms with E-state index in [0.29, 0.717) is 16.7 Å².